The molecular weight excluding hydrogens is 380 g/mol. The highest BCUT2D eigenvalue weighted by molar-refractivity contribution is 7.88. The Morgan fingerprint density at radius 3 is 2.82 bits per heavy atom. The van der Waals surface area contributed by atoms with E-state index in [0.717, 1.165) is 28.1 Å². The van der Waals surface area contributed by atoms with Gasteiger partial charge in [-0.15, -0.1) is 0 Å². The molecule has 1 aliphatic rings. The van der Waals surface area contributed by atoms with Gasteiger partial charge in [0.15, 0.2) is 0 Å². The summed E-state index contributed by atoms with van der Waals surface area (Å²) in [6, 6.07) is 5.70. The van der Waals surface area contributed by atoms with Crippen LogP contribution >= 0.6 is 0 Å². The van der Waals surface area contributed by atoms with Gasteiger partial charge in [-0.3, -0.25) is 9.89 Å². The van der Waals surface area contributed by atoms with E-state index in [9.17, 15) is 13.2 Å². The second-order valence-electron chi connectivity index (χ2n) is 7.08. The van der Waals surface area contributed by atoms with Gasteiger partial charge in [-0.2, -0.15) is 9.40 Å². The van der Waals surface area contributed by atoms with Crippen molar-refractivity contribution in [2.45, 2.75) is 39.8 Å². The summed E-state index contributed by atoms with van der Waals surface area (Å²) < 4.78 is 30.8. The Bertz CT molecular complexity index is 949. The standard InChI is InChI=1S/C19H26N4O4S/c1-13-17(14(2)22-21-13)11-20-19(24)7-5-15-4-6-18-16(10-15)12-23(8-9-27-18)28(3,25)26/h4,6,10H,5,7-9,11-12H2,1-3H3,(H,20,24)(H,21,22). The van der Waals surface area contributed by atoms with Gasteiger partial charge in [0.1, 0.15) is 12.4 Å². The van der Waals surface area contributed by atoms with Crippen LogP contribution in [0.25, 0.3) is 0 Å². The molecule has 1 aliphatic heterocycles. The van der Waals surface area contributed by atoms with Gasteiger partial charge < -0.3 is 10.1 Å². The molecule has 0 spiro atoms. The number of benzene rings is 1. The molecule has 0 saturated carbocycles. The number of ether oxygens (including phenoxy) is 1. The smallest absolute Gasteiger partial charge is 0.220 e. The maximum Gasteiger partial charge on any atom is 0.220 e. The number of rotatable bonds is 6. The zero-order valence-electron chi connectivity index (χ0n) is 16.4. The second kappa shape index (κ2) is 8.32. The molecule has 8 nitrogen and oxygen atoms in total. The lowest BCUT2D eigenvalue weighted by Gasteiger charge is -2.16. The number of carbonyl (C=O) groups is 1. The highest BCUT2D eigenvalue weighted by atomic mass is 32.2. The van der Waals surface area contributed by atoms with E-state index in [-0.39, 0.29) is 12.5 Å². The van der Waals surface area contributed by atoms with Crippen LogP contribution in [-0.4, -0.2) is 48.2 Å². The van der Waals surface area contributed by atoms with E-state index in [0.29, 0.717) is 38.3 Å². The number of fused-ring (bicyclic) bond motifs is 1. The Balaban J connectivity index is 1.59. The third kappa shape index (κ3) is 4.90. The first-order valence-electron chi connectivity index (χ1n) is 9.21. The zero-order valence-corrected chi connectivity index (χ0v) is 17.2. The summed E-state index contributed by atoms with van der Waals surface area (Å²) in [7, 11) is -3.28. The van der Waals surface area contributed by atoms with E-state index in [1.165, 1.54) is 10.6 Å². The molecule has 0 aliphatic carbocycles. The molecule has 2 N–H and O–H groups in total. The average molecular weight is 407 g/mol. The summed E-state index contributed by atoms with van der Waals surface area (Å²) in [6.07, 6.45) is 2.13. The lowest BCUT2D eigenvalue weighted by Crippen LogP contribution is -2.31. The fourth-order valence-electron chi connectivity index (χ4n) is 3.23. The molecule has 0 fully saturated rings. The Morgan fingerprint density at radius 1 is 1.36 bits per heavy atom. The number of nitrogens with one attached hydrogen (secondary N) is 2. The lowest BCUT2D eigenvalue weighted by atomic mass is 10.0. The first-order chi connectivity index (χ1) is 13.2. The van der Waals surface area contributed by atoms with Gasteiger partial charge in [0.25, 0.3) is 0 Å². The number of aryl methyl sites for hydroxylation is 3. The molecule has 9 heteroatoms. The minimum Gasteiger partial charge on any atom is -0.492 e. The molecule has 1 amide bonds. The van der Waals surface area contributed by atoms with Crippen molar-refractivity contribution in [2.75, 3.05) is 19.4 Å². The van der Waals surface area contributed by atoms with Gasteiger partial charge in [0, 0.05) is 42.9 Å². The highest BCUT2D eigenvalue weighted by Gasteiger charge is 2.22. The Labute approximate surface area is 165 Å². The molecule has 2 aromatic rings. The highest BCUT2D eigenvalue weighted by Crippen LogP contribution is 2.26. The summed E-state index contributed by atoms with van der Waals surface area (Å²) in [5.41, 5.74) is 4.66. The SMILES string of the molecule is Cc1n[nH]c(C)c1CNC(=O)CCc1ccc2c(c1)CN(S(C)(=O)=O)CCO2. The van der Waals surface area contributed by atoms with Gasteiger partial charge in [-0.25, -0.2) is 8.42 Å². The van der Waals surface area contributed by atoms with Crippen molar-refractivity contribution in [1.82, 2.24) is 19.8 Å². The van der Waals surface area contributed by atoms with E-state index < -0.39 is 10.0 Å². The summed E-state index contributed by atoms with van der Waals surface area (Å²) in [5.74, 6) is 0.661. The monoisotopic (exact) mass is 406 g/mol. The van der Waals surface area contributed by atoms with E-state index >= 15 is 0 Å². The average Bonchev–Trinajstić information content (AvgIpc) is 2.83. The van der Waals surface area contributed by atoms with Crippen molar-refractivity contribution in [3.8, 4) is 5.75 Å². The molecule has 28 heavy (non-hydrogen) atoms. The van der Waals surface area contributed by atoms with Crippen molar-refractivity contribution < 1.29 is 17.9 Å². The van der Waals surface area contributed by atoms with Crippen LogP contribution in [0.1, 0.15) is 34.5 Å². The zero-order chi connectivity index (χ0) is 20.3. The minimum absolute atomic E-state index is 0.0380. The van der Waals surface area contributed by atoms with Crippen molar-refractivity contribution >= 4 is 15.9 Å². The summed E-state index contributed by atoms with van der Waals surface area (Å²) >= 11 is 0. The molecule has 152 valence electrons. The summed E-state index contributed by atoms with van der Waals surface area (Å²) in [6.45, 7) is 5.23. The van der Waals surface area contributed by atoms with Crippen LogP contribution in [0.15, 0.2) is 18.2 Å². The lowest BCUT2D eigenvalue weighted by molar-refractivity contribution is -0.121. The molecular formula is C19H26N4O4S. The van der Waals surface area contributed by atoms with Crippen molar-refractivity contribution in [3.05, 3.63) is 46.3 Å². The van der Waals surface area contributed by atoms with Crippen molar-refractivity contribution in [1.29, 1.82) is 0 Å². The molecule has 2 heterocycles. The van der Waals surface area contributed by atoms with Gasteiger partial charge in [0.2, 0.25) is 15.9 Å². The van der Waals surface area contributed by atoms with Crippen molar-refractivity contribution in [2.24, 2.45) is 0 Å². The molecule has 0 unspecified atom stereocenters. The molecule has 3 rings (SSSR count). The van der Waals surface area contributed by atoms with E-state index in [1.54, 1.807) is 0 Å². The van der Waals surface area contributed by atoms with Crippen LogP contribution in [0.3, 0.4) is 0 Å². The predicted molar refractivity (Wildman–Crippen MR) is 105 cm³/mol. The first-order valence-corrected chi connectivity index (χ1v) is 11.1. The van der Waals surface area contributed by atoms with E-state index in [1.807, 2.05) is 32.0 Å². The number of hydrogen-bond acceptors (Lipinski definition) is 5. The van der Waals surface area contributed by atoms with E-state index in [4.69, 9.17) is 4.74 Å². The minimum atomic E-state index is -3.28. The first kappa shape index (κ1) is 20.3. The third-order valence-corrected chi connectivity index (χ3v) is 6.17. The van der Waals surface area contributed by atoms with Crippen LogP contribution in [0.5, 0.6) is 5.75 Å². The number of hydrogen-bond donors (Lipinski definition) is 2. The van der Waals surface area contributed by atoms with Crippen LogP contribution < -0.4 is 10.1 Å². The largest absolute Gasteiger partial charge is 0.492 e. The van der Waals surface area contributed by atoms with Gasteiger partial charge in [0.05, 0.1) is 11.9 Å². The number of amides is 1. The normalized spacial score (nSPS) is 14.8. The predicted octanol–water partition coefficient (Wildman–Crippen LogP) is 1.43. The Morgan fingerprint density at radius 2 is 2.14 bits per heavy atom. The van der Waals surface area contributed by atoms with Crippen LogP contribution in [0.2, 0.25) is 0 Å². The summed E-state index contributed by atoms with van der Waals surface area (Å²) in [5, 5.41) is 9.96. The molecule has 1 aromatic heterocycles. The summed E-state index contributed by atoms with van der Waals surface area (Å²) in [4.78, 5) is 12.2. The van der Waals surface area contributed by atoms with Crippen LogP contribution in [-0.2, 0) is 34.3 Å². The fourth-order valence-corrected chi connectivity index (χ4v) is 4.01. The molecule has 1 aromatic carbocycles. The molecule has 0 atom stereocenters. The van der Waals surface area contributed by atoms with Gasteiger partial charge in [-0.05, 0) is 31.9 Å². The fraction of sp³-hybridized carbons (Fsp3) is 0.474. The van der Waals surface area contributed by atoms with Crippen LogP contribution in [0, 0.1) is 13.8 Å². The third-order valence-electron chi connectivity index (χ3n) is 4.92. The van der Waals surface area contributed by atoms with Crippen LogP contribution in [0.4, 0.5) is 0 Å². The van der Waals surface area contributed by atoms with Gasteiger partial charge >= 0.3 is 0 Å². The number of sulfonamides is 1. The number of aromatic amines is 1. The second-order valence-corrected chi connectivity index (χ2v) is 9.06. The topological polar surface area (TPSA) is 104 Å². The number of nitrogens with zero attached hydrogens (tertiary/aromatic N) is 2. The van der Waals surface area contributed by atoms with E-state index in [2.05, 4.69) is 15.5 Å². The Kier molecular flexibility index (Phi) is 6.04. The molecule has 0 bridgehead atoms. The quantitative estimate of drug-likeness (QED) is 0.755. The number of carbonyl (C=O) groups excluding carboxylic acids is 1. The Hall–Kier alpha value is -2.39. The maximum atomic E-state index is 12.2. The number of H-pyrrole nitrogens is 1. The maximum absolute atomic E-state index is 12.2. The van der Waals surface area contributed by atoms with Crippen molar-refractivity contribution in [3.63, 3.8) is 0 Å². The van der Waals surface area contributed by atoms with Gasteiger partial charge in [-0.1, -0.05) is 12.1 Å². The number of aromatic nitrogens is 2. The molecule has 0 radical (unpaired) electrons. The molecule has 0 saturated heterocycles.